The predicted octanol–water partition coefficient (Wildman–Crippen LogP) is 4.82. The van der Waals surface area contributed by atoms with Gasteiger partial charge in [0.2, 0.25) is 5.95 Å². The molecule has 2 saturated heterocycles. The Hall–Kier alpha value is -3.43. The van der Waals surface area contributed by atoms with E-state index in [9.17, 15) is 14.7 Å². The van der Waals surface area contributed by atoms with Gasteiger partial charge >= 0.3 is 6.09 Å². The molecule has 2 atom stereocenters. The third-order valence-electron chi connectivity index (χ3n) is 7.36. The summed E-state index contributed by atoms with van der Waals surface area (Å²) in [5.41, 5.74) is 2.81. The van der Waals surface area contributed by atoms with Crippen molar-refractivity contribution >= 4 is 29.0 Å². The zero-order valence-corrected chi connectivity index (χ0v) is 23.1. The number of aliphatic hydroxyl groups excluding tert-OH is 1. The first-order chi connectivity index (χ1) is 18.7. The summed E-state index contributed by atoms with van der Waals surface area (Å²) in [5, 5.41) is 13.2. The standard InChI is InChI=1S/C30H39N5O4/c1-30(2,3)39-29(38)34-16-8-7-13-23(19-34)35-26-22(18-33-17-15-24(36)20-33)12-9-14-25(26)31-28(35)32-27(37)21-10-5-4-6-11-21/h4-6,9-12,14,23-24,36H,7-8,13,15-20H2,1-3H3,(H,31,32,37). The minimum absolute atomic E-state index is 0.0959. The first-order valence-corrected chi connectivity index (χ1v) is 13.9. The molecule has 0 bridgehead atoms. The highest BCUT2D eigenvalue weighted by molar-refractivity contribution is 6.04. The Morgan fingerprint density at radius 2 is 1.82 bits per heavy atom. The molecule has 0 saturated carbocycles. The van der Waals surface area contributed by atoms with Crippen LogP contribution in [0.4, 0.5) is 10.7 Å². The minimum atomic E-state index is -0.580. The molecule has 2 aromatic carbocycles. The number of para-hydroxylation sites is 1. The second-order valence-electron chi connectivity index (χ2n) is 11.7. The highest BCUT2D eigenvalue weighted by Crippen LogP contribution is 2.33. The van der Waals surface area contributed by atoms with Crippen LogP contribution in [0.1, 0.15) is 68.4 Å². The van der Waals surface area contributed by atoms with Crippen molar-refractivity contribution in [3.8, 4) is 0 Å². The Bertz CT molecular complexity index is 1320. The van der Waals surface area contributed by atoms with Gasteiger partial charge in [0.15, 0.2) is 0 Å². The number of hydrogen-bond donors (Lipinski definition) is 2. The minimum Gasteiger partial charge on any atom is -0.444 e. The lowest BCUT2D eigenvalue weighted by molar-refractivity contribution is 0.0238. The van der Waals surface area contributed by atoms with Gasteiger partial charge in [0.05, 0.1) is 23.2 Å². The van der Waals surface area contributed by atoms with Crippen molar-refractivity contribution in [3.05, 3.63) is 59.7 Å². The van der Waals surface area contributed by atoms with E-state index in [-0.39, 0.29) is 24.1 Å². The first kappa shape index (κ1) is 27.1. The van der Waals surface area contributed by atoms with Gasteiger partial charge in [-0.3, -0.25) is 15.0 Å². The number of likely N-dealkylation sites (tertiary alicyclic amines) is 2. The zero-order valence-electron chi connectivity index (χ0n) is 23.1. The van der Waals surface area contributed by atoms with Crippen LogP contribution in [0.2, 0.25) is 0 Å². The van der Waals surface area contributed by atoms with Crippen LogP contribution in [0, 0.1) is 0 Å². The van der Waals surface area contributed by atoms with Crippen LogP contribution in [-0.4, -0.2) is 74.3 Å². The molecule has 3 heterocycles. The van der Waals surface area contributed by atoms with Crippen LogP contribution in [-0.2, 0) is 11.3 Å². The van der Waals surface area contributed by atoms with Gasteiger partial charge in [0.1, 0.15) is 5.60 Å². The molecule has 2 N–H and O–H groups in total. The lowest BCUT2D eigenvalue weighted by atomic mass is 10.1. The molecule has 39 heavy (non-hydrogen) atoms. The summed E-state index contributed by atoms with van der Waals surface area (Å²) in [4.78, 5) is 35.3. The maximum atomic E-state index is 13.2. The quantitative estimate of drug-likeness (QED) is 0.488. The number of ether oxygens (including phenoxy) is 1. The number of nitrogens with zero attached hydrogens (tertiary/aromatic N) is 4. The molecule has 2 unspecified atom stereocenters. The van der Waals surface area contributed by atoms with E-state index in [1.807, 2.05) is 51.1 Å². The van der Waals surface area contributed by atoms with Crippen LogP contribution in [0.15, 0.2) is 48.5 Å². The Kier molecular flexibility index (Phi) is 7.91. The molecule has 2 aliphatic rings. The van der Waals surface area contributed by atoms with Crippen molar-refractivity contribution in [2.45, 2.75) is 70.7 Å². The average molecular weight is 534 g/mol. The van der Waals surface area contributed by atoms with Crippen molar-refractivity contribution in [1.82, 2.24) is 19.4 Å². The summed E-state index contributed by atoms with van der Waals surface area (Å²) >= 11 is 0. The van der Waals surface area contributed by atoms with E-state index in [2.05, 4.69) is 20.9 Å². The topological polar surface area (TPSA) is 99.9 Å². The number of nitrogens with one attached hydrogen (secondary N) is 1. The van der Waals surface area contributed by atoms with Crippen molar-refractivity contribution in [2.24, 2.45) is 0 Å². The van der Waals surface area contributed by atoms with Crippen molar-refractivity contribution in [1.29, 1.82) is 0 Å². The summed E-state index contributed by atoms with van der Waals surface area (Å²) in [5.74, 6) is 0.248. The Labute approximate surface area is 229 Å². The Morgan fingerprint density at radius 1 is 1.03 bits per heavy atom. The van der Waals surface area contributed by atoms with Gasteiger partial charge in [-0.1, -0.05) is 30.3 Å². The zero-order chi connectivity index (χ0) is 27.6. The van der Waals surface area contributed by atoms with Crippen molar-refractivity contribution in [2.75, 3.05) is 31.5 Å². The van der Waals surface area contributed by atoms with Crippen molar-refractivity contribution < 1.29 is 19.4 Å². The molecule has 5 rings (SSSR count). The molecule has 3 aromatic rings. The number of aromatic nitrogens is 2. The van der Waals surface area contributed by atoms with E-state index < -0.39 is 5.60 Å². The van der Waals surface area contributed by atoms with Gasteiger partial charge in [0.25, 0.3) is 5.91 Å². The Morgan fingerprint density at radius 3 is 2.54 bits per heavy atom. The number of rotatable bonds is 5. The lowest BCUT2D eigenvalue weighted by Gasteiger charge is -2.29. The molecule has 9 heteroatoms. The fraction of sp³-hybridized carbons (Fsp3) is 0.500. The van der Waals surface area contributed by atoms with Gasteiger partial charge in [-0.25, -0.2) is 9.78 Å². The summed E-state index contributed by atoms with van der Waals surface area (Å²) in [6.07, 6.45) is 2.80. The molecule has 0 aliphatic carbocycles. The number of anilines is 1. The smallest absolute Gasteiger partial charge is 0.410 e. The summed E-state index contributed by atoms with van der Waals surface area (Å²) in [6, 6.07) is 15.1. The summed E-state index contributed by atoms with van der Waals surface area (Å²) < 4.78 is 7.85. The van der Waals surface area contributed by atoms with Crippen LogP contribution < -0.4 is 5.32 Å². The number of fused-ring (bicyclic) bond motifs is 1. The molecule has 9 nitrogen and oxygen atoms in total. The van der Waals surface area contributed by atoms with E-state index in [1.165, 1.54) is 0 Å². The van der Waals surface area contributed by atoms with Crippen LogP contribution in [0.3, 0.4) is 0 Å². The van der Waals surface area contributed by atoms with E-state index in [0.29, 0.717) is 37.7 Å². The second kappa shape index (κ2) is 11.4. The van der Waals surface area contributed by atoms with Crippen LogP contribution >= 0.6 is 0 Å². The van der Waals surface area contributed by atoms with Gasteiger partial charge in [-0.2, -0.15) is 0 Å². The molecule has 2 aliphatic heterocycles. The predicted molar refractivity (Wildman–Crippen MR) is 151 cm³/mol. The molecule has 0 spiro atoms. The fourth-order valence-electron chi connectivity index (χ4n) is 5.57. The van der Waals surface area contributed by atoms with Gasteiger partial charge < -0.3 is 19.3 Å². The number of β-amino-alcohol motifs (C(OH)–C–C–N with tert-alkyl or cyclic N) is 1. The SMILES string of the molecule is CC(C)(C)OC(=O)N1CCCCC(n2c(NC(=O)c3ccccc3)nc3cccc(CN4CCC(O)C4)c32)C1. The third-order valence-corrected chi connectivity index (χ3v) is 7.36. The number of hydrogen-bond acceptors (Lipinski definition) is 6. The number of amides is 2. The van der Waals surface area contributed by atoms with Gasteiger partial charge in [-0.05, 0) is 70.2 Å². The second-order valence-corrected chi connectivity index (χ2v) is 11.7. The van der Waals surface area contributed by atoms with Crippen LogP contribution in [0.25, 0.3) is 11.0 Å². The number of imidazole rings is 1. The third kappa shape index (κ3) is 6.42. The Balaban J connectivity index is 1.54. The molecular weight excluding hydrogens is 494 g/mol. The summed E-state index contributed by atoms with van der Waals surface area (Å²) in [7, 11) is 0. The molecule has 0 radical (unpaired) electrons. The van der Waals surface area contributed by atoms with Gasteiger partial charge in [-0.15, -0.1) is 0 Å². The molecule has 2 fully saturated rings. The molecular formula is C30H39N5O4. The maximum absolute atomic E-state index is 13.2. The number of carbonyl (C=O) groups is 2. The highest BCUT2D eigenvalue weighted by Gasteiger charge is 2.31. The summed E-state index contributed by atoms with van der Waals surface area (Å²) in [6.45, 7) is 8.87. The maximum Gasteiger partial charge on any atom is 0.410 e. The lowest BCUT2D eigenvalue weighted by Crippen LogP contribution is -2.39. The van der Waals surface area contributed by atoms with Gasteiger partial charge in [0, 0.05) is 38.3 Å². The fourth-order valence-corrected chi connectivity index (χ4v) is 5.57. The van der Waals surface area contributed by atoms with E-state index >= 15 is 0 Å². The number of benzene rings is 2. The van der Waals surface area contributed by atoms with E-state index in [4.69, 9.17) is 9.72 Å². The molecule has 2 amide bonds. The van der Waals surface area contributed by atoms with Crippen LogP contribution in [0.5, 0.6) is 0 Å². The largest absolute Gasteiger partial charge is 0.444 e. The van der Waals surface area contributed by atoms with E-state index in [0.717, 1.165) is 48.8 Å². The normalized spacial score (nSPS) is 20.7. The highest BCUT2D eigenvalue weighted by atomic mass is 16.6. The monoisotopic (exact) mass is 533 g/mol. The number of aliphatic hydroxyl groups is 1. The van der Waals surface area contributed by atoms with Crippen molar-refractivity contribution in [3.63, 3.8) is 0 Å². The molecule has 208 valence electrons. The number of carbonyl (C=O) groups excluding carboxylic acids is 2. The average Bonchev–Trinajstić information content (AvgIpc) is 3.37. The molecule has 1 aromatic heterocycles. The first-order valence-electron chi connectivity index (χ1n) is 13.9. The van der Waals surface area contributed by atoms with E-state index in [1.54, 1.807) is 17.0 Å².